The van der Waals surface area contributed by atoms with E-state index < -0.39 is 5.97 Å². The largest absolute Gasteiger partial charge is 0.478 e. The average Bonchev–Trinajstić information content (AvgIpc) is 2.85. The summed E-state index contributed by atoms with van der Waals surface area (Å²) in [6, 6.07) is 1.66. The Morgan fingerprint density at radius 3 is 2.58 bits per heavy atom. The molecule has 1 aromatic heterocycles. The zero-order valence-corrected chi connectivity index (χ0v) is 12.1. The molecule has 0 aliphatic heterocycles. The monoisotopic (exact) mass is 284 g/mol. The molecular formula is C13H20N2O3S. The van der Waals surface area contributed by atoms with Crippen LogP contribution < -0.4 is 5.32 Å². The summed E-state index contributed by atoms with van der Waals surface area (Å²) in [4.78, 5) is 25.2. The average molecular weight is 284 g/mol. The second-order valence-corrected chi connectivity index (χ2v) is 5.10. The lowest BCUT2D eigenvalue weighted by Gasteiger charge is -2.18. The van der Waals surface area contributed by atoms with Gasteiger partial charge in [0.25, 0.3) is 0 Å². The first-order valence-electron chi connectivity index (χ1n) is 6.37. The number of carbonyl (C=O) groups excluding carboxylic acids is 1. The van der Waals surface area contributed by atoms with Crippen LogP contribution in [0.2, 0.25) is 0 Å². The van der Waals surface area contributed by atoms with Gasteiger partial charge >= 0.3 is 5.97 Å². The number of thiophene rings is 1. The summed E-state index contributed by atoms with van der Waals surface area (Å²) in [5.74, 6) is -0.755. The Morgan fingerprint density at radius 2 is 2.05 bits per heavy atom. The maximum Gasteiger partial charge on any atom is 0.336 e. The normalized spacial score (nSPS) is 10.4. The van der Waals surface area contributed by atoms with Crippen molar-refractivity contribution < 1.29 is 14.7 Å². The summed E-state index contributed by atoms with van der Waals surface area (Å²) in [7, 11) is 0. The Morgan fingerprint density at radius 1 is 1.37 bits per heavy atom. The molecule has 1 amide bonds. The Kier molecular flexibility index (Phi) is 6.52. The molecule has 0 saturated carbocycles. The van der Waals surface area contributed by atoms with E-state index in [9.17, 15) is 9.59 Å². The predicted molar refractivity (Wildman–Crippen MR) is 75.5 cm³/mol. The molecule has 1 aromatic rings. The van der Waals surface area contributed by atoms with Crippen LogP contribution in [0.25, 0.3) is 0 Å². The van der Waals surface area contributed by atoms with Crippen LogP contribution in [0, 0.1) is 0 Å². The maximum absolute atomic E-state index is 11.7. The molecule has 6 heteroatoms. The standard InChI is InChI=1S/C13H20N2O3S/c1-3-15(4-2)12(16)5-6-14-8-11-7-10(9-19-11)13(17)18/h7,9,14H,3-6,8H2,1-2H3,(H,17,18). The fourth-order valence-corrected chi connectivity index (χ4v) is 2.55. The number of carbonyl (C=O) groups is 2. The summed E-state index contributed by atoms with van der Waals surface area (Å²) in [6.45, 7) is 6.62. The number of carboxylic acid groups (broad SMARTS) is 1. The van der Waals surface area contributed by atoms with Gasteiger partial charge in [0.05, 0.1) is 5.56 Å². The maximum atomic E-state index is 11.7. The lowest BCUT2D eigenvalue weighted by molar-refractivity contribution is -0.130. The van der Waals surface area contributed by atoms with E-state index in [0.717, 1.165) is 18.0 Å². The molecule has 106 valence electrons. The van der Waals surface area contributed by atoms with Crippen LogP contribution in [-0.2, 0) is 11.3 Å². The van der Waals surface area contributed by atoms with E-state index in [1.807, 2.05) is 13.8 Å². The van der Waals surface area contributed by atoms with Crippen molar-refractivity contribution in [3.05, 3.63) is 21.9 Å². The molecule has 0 atom stereocenters. The first-order chi connectivity index (χ1) is 9.08. The second kappa shape index (κ2) is 7.91. The van der Waals surface area contributed by atoms with Crippen LogP contribution >= 0.6 is 11.3 Å². The second-order valence-electron chi connectivity index (χ2n) is 4.10. The van der Waals surface area contributed by atoms with Crippen molar-refractivity contribution in [3.63, 3.8) is 0 Å². The predicted octanol–water partition coefficient (Wildman–Crippen LogP) is 1.79. The van der Waals surface area contributed by atoms with Gasteiger partial charge in [0, 0.05) is 42.9 Å². The van der Waals surface area contributed by atoms with E-state index in [-0.39, 0.29) is 5.91 Å². The van der Waals surface area contributed by atoms with Gasteiger partial charge in [-0.15, -0.1) is 11.3 Å². The molecule has 0 radical (unpaired) electrons. The van der Waals surface area contributed by atoms with Crippen LogP contribution in [0.5, 0.6) is 0 Å². The SMILES string of the molecule is CCN(CC)C(=O)CCNCc1cc(C(=O)O)cs1. The molecule has 0 aliphatic carbocycles. The number of carboxylic acids is 1. The van der Waals surface area contributed by atoms with Crippen molar-refractivity contribution in [2.45, 2.75) is 26.8 Å². The minimum Gasteiger partial charge on any atom is -0.478 e. The molecule has 2 N–H and O–H groups in total. The third-order valence-corrected chi connectivity index (χ3v) is 3.77. The van der Waals surface area contributed by atoms with Crippen LogP contribution in [-0.4, -0.2) is 41.5 Å². The summed E-state index contributed by atoms with van der Waals surface area (Å²) in [5, 5.41) is 13.6. The molecule has 0 spiro atoms. The van der Waals surface area contributed by atoms with E-state index in [0.29, 0.717) is 25.1 Å². The lowest BCUT2D eigenvalue weighted by atomic mass is 10.3. The highest BCUT2D eigenvalue weighted by Gasteiger charge is 2.09. The fourth-order valence-electron chi connectivity index (χ4n) is 1.73. The Labute approximate surface area is 117 Å². The van der Waals surface area contributed by atoms with Crippen molar-refractivity contribution in [1.82, 2.24) is 10.2 Å². The van der Waals surface area contributed by atoms with Crippen LogP contribution in [0.1, 0.15) is 35.5 Å². The van der Waals surface area contributed by atoms with E-state index in [2.05, 4.69) is 5.32 Å². The molecule has 0 aromatic carbocycles. The minimum absolute atomic E-state index is 0.148. The van der Waals surface area contributed by atoms with Gasteiger partial charge in [-0.05, 0) is 19.9 Å². The van der Waals surface area contributed by atoms with Crippen molar-refractivity contribution in [2.24, 2.45) is 0 Å². The van der Waals surface area contributed by atoms with Gasteiger partial charge in [-0.25, -0.2) is 4.79 Å². The van der Waals surface area contributed by atoms with Gasteiger partial charge in [-0.3, -0.25) is 4.79 Å². The van der Waals surface area contributed by atoms with Gasteiger partial charge in [0.2, 0.25) is 5.91 Å². The van der Waals surface area contributed by atoms with E-state index in [1.54, 1.807) is 16.3 Å². The number of hydrogen-bond donors (Lipinski definition) is 2. The molecule has 0 fully saturated rings. The number of nitrogens with zero attached hydrogens (tertiary/aromatic N) is 1. The quantitative estimate of drug-likeness (QED) is 0.714. The van der Waals surface area contributed by atoms with Gasteiger partial charge in [0.1, 0.15) is 0 Å². The number of amides is 1. The molecule has 5 nitrogen and oxygen atoms in total. The Hall–Kier alpha value is -1.40. The molecule has 1 rings (SSSR count). The van der Waals surface area contributed by atoms with E-state index >= 15 is 0 Å². The molecule has 1 heterocycles. The van der Waals surface area contributed by atoms with Crippen molar-refractivity contribution in [2.75, 3.05) is 19.6 Å². The lowest BCUT2D eigenvalue weighted by Crippen LogP contribution is -2.32. The van der Waals surface area contributed by atoms with Crippen LogP contribution in [0.4, 0.5) is 0 Å². The molecule has 19 heavy (non-hydrogen) atoms. The van der Waals surface area contributed by atoms with Crippen LogP contribution in [0.3, 0.4) is 0 Å². The zero-order chi connectivity index (χ0) is 14.3. The summed E-state index contributed by atoms with van der Waals surface area (Å²) in [5.41, 5.74) is 0.320. The van der Waals surface area contributed by atoms with Crippen molar-refractivity contribution in [1.29, 1.82) is 0 Å². The highest BCUT2D eigenvalue weighted by atomic mass is 32.1. The zero-order valence-electron chi connectivity index (χ0n) is 11.3. The topological polar surface area (TPSA) is 69.6 Å². The van der Waals surface area contributed by atoms with Gasteiger partial charge in [-0.1, -0.05) is 0 Å². The molecule has 0 aliphatic rings. The summed E-state index contributed by atoms with van der Waals surface area (Å²) >= 11 is 1.41. The van der Waals surface area contributed by atoms with E-state index in [4.69, 9.17) is 5.11 Å². The molecule has 0 unspecified atom stereocenters. The van der Waals surface area contributed by atoms with Crippen LogP contribution in [0.15, 0.2) is 11.4 Å². The smallest absolute Gasteiger partial charge is 0.336 e. The van der Waals surface area contributed by atoms with E-state index in [1.165, 1.54) is 11.3 Å². The first-order valence-corrected chi connectivity index (χ1v) is 7.25. The molecular weight excluding hydrogens is 264 g/mol. The summed E-state index contributed by atoms with van der Waals surface area (Å²) in [6.07, 6.45) is 0.471. The minimum atomic E-state index is -0.904. The Balaban J connectivity index is 2.27. The van der Waals surface area contributed by atoms with Gasteiger partial charge in [-0.2, -0.15) is 0 Å². The third-order valence-electron chi connectivity index (χ3n) is 2.83. The highest BCUT2D eigenvalue weighted by Crippen LogP contribution is 2.14. The van der Waals surface area contributed by atoms with Gasteiger partial charge < -0.3 is 15.3 Å². The number of aromatic carboxylic acids is 1. The van der Waals surface area contributed by atoms with Gasteiger partial charge in [0.15, 0.2) is 0 Å². The number of nitrogens with one attached hydrogen (secondary N) is 1. The number of rotatable bonds is 8. The fraction of sp³-hybridized carbons (Fsp3) is 0.538. The first kappa shape index (κ1) is 15.7. The Bertz CT molecular complexity index is 427. The highest BCUT2D eigenvalue weighted by molar-refractivity contribution is 7.10. The summed E-state index contributed by atoms with van der Waals surface area (Å²) < 4.78 is 0. The third kappa shape index (κ3) is 5.00. The molecule has 0 saturated heterocycles. The van der Waals surface area contributed by atoms with Crippen molar-refractivity contribution >= 4 is 23.2 Å². The molecule has 0 bridgehead atoms. The van der Waals surface area contributed by atoms with Crippen molar-refractivity contribution in [3.8, 4) is 0 Å². The number of hydrogen-bond acceptors (Lipinski definition) is 4.